The predicted octanol–water partition coefficient (Wildman–Crippen LogP) is 4.89. The van der Waals surface area contributed by atoms with Crippen molar-refractivity contribution in [2.75, 3.05) is 32.7 Å². The number of aromatic nitrogens is 1. The molecule has 0 saturated carbocycles. The fourth-order valence-electron chi connectivity index (χ4n) is 4.37. The quantitative estimate of drug-likeness (QED) is 0.393. The molecule has 3 rings (SSSR count). The van der Waals surface area contributed by atoms with Crippen LogP contribution in [0.1, 0.15) is 70.3 Å². The second kappa shape index (κ2) is 12.5. The highest BCUT2D eigenvalue weighted by Gasteiger charge is 2.14. The summed E-state index contributed by atoms with van der Waals surface area (Å²) in [5, 5.41) is 13.4. The van der Waals surface area contributed by atoms with E-state index in [4.69, 9.17) is 0 Å². The molecule has 1 aromatic carbocycles. The van der Waals surface area contributed by atoms with Gasteiger partial charge in [0.25, 0.3) is 0 Å². The predicted molar refractivity (Wildman–Crippen MR) is 128 cm³/mol. The van der Waals surface area contributed by atoms with Gasteiger partial charge in [0.1, 0.15) is 11.3 Å². The Labute approximate surface area is 184 Å². The van der Waals surface area contributed by atoms with Gasteiger partial charge in [-0.1, -0.05) is 56.4 Å². The number of benzene rings is 1. The number of hydrogen-bond acceptors (Lipinski definition) is 5. The van der Waals surface area contributed by atoms with Crippen molar-refractivity contribution in [2.45, 2.75) is 71.1 Å². The Morgan fingerprint density at radius 1 is 1.07 bits per heavy atom. The zero-order valence-electron chi connectivity index (χ0n) is 18.5. The molecule has 1 aliphatic rings. The first-order chi connectivity index (χ1) is 14.6. The lowest BCUT2D eigenvalue weighted by molar-refractivity contribution is 0.189. The monoisotopic (exact) mass is 433 g/mol. The highest BCUT2D eigenvalue weighted by atomic mass is 32.1. The SMILES string of the molecule is CC1CCN(CCCCCCCCCNCCc2ccc(O)c3[nH]c(=O)sc23)CC1. The molecular formula is C24H39N3O2S. The third-order valence-electron chi connectivity index (χ3n) is 6.41. The minimum Gasteiger partial charge on any atom is -0.506 e. The first-order valence-corrected chi connectivity index (χ1v) is 12.7. The molecule has 2 heterocycles. The number of nitrogens with one attached hydrogen (secondary N) is 2. The zero-order chi connectivity index (χ0) is 21.2. The number of unbranched alkanes of at least 4 members (excludes halogenated alkanes) is 6. The summed E-state index contributed by atoms with van der Waals surface area (Å²) in [6.45, 7) is 8.28. The van der Waals surface area contributed by atoms with Crippen molar-refractivity contribution in [1.29, 1.82) is 0 Å². The third-order valence-corrected chi connectivity index (χ3v) is 7.37. The van der Waals surface area contributed by atoms with Gasteiger partial charge in [0, 0.05) is 0 Å². The first kappa shape index (κ1) is 23.3. The van der Waals surface area contributed by atoms with Crippen LogP contribution in [0.2, 0.25) is 0 Å². The zero-order valence-corrected chi connectivity index (χ0v) is 19.4. The van der Waals surface area contributed by atoms with Crippen LogP contribution >= 0.6 is 11.3 Å². The molecule has 1 fully saturated rings. The lowest BCUT2D eigenvalue weighted by Crippen LogP contribution is -2.33. The number of rotatable bonds is 13. The first-order valence-electron chi connectivity index (χ1n) is 11.9. The van der Waals surface area contributed by atoms with E-state index in [1.807, 2.05) is 6.07 Å². The van der Waals surface area contributed by atoms with Gasteiger partial charge < -0.3 is 20.3 Å². The van der Waals surface area contributed by atoms with Crippen LogP contribution in [0.4, 0.5) is 0 Å². The molecule has 0 radical (unpaired) electrons. The van der Waals surface area contributed by atoms with Crippen molar-refractivity contribution in [2.24, 2.45) is 5.92 Å². The Morgan fingerprint density at radius 2 is 1.77 bits per heavy atom. The van der Waals surface area contributed by atoms with Gasteiger partial charge in [-0.05, 0) is 82.4 Å². The van der Waals surface area contributed by atoms with E-state index in [0.717, 1.165) is 35.7 Å². The minimum absolute atomic E-state index is 0.109. The van der Waals surface area contributed by atoms with E-state index in [1.54, 1.807) is 6.07 Å². The summed E-state index contributed by atoms with van der Waals surface area (Å²) < 4.78 is 0.886. The molecule has 0 aliphatic carbocycles. The summed E-state index contributed by atoms with van der Waals surface area (Å²) >= 11 is 1.18. The van der Waals surface area contributed by atoms with E-state index in [9.17, 15) is 9.90 Å². The Balaban J connectivity index is 1.16. The summed E-state index contributed by atoms with van der Waals surface area (Å²) in [5.41, 5.74) is 1.70. The number of hydrogen-bond donors (Lipinski definition) is 3. The third kappa shape index (κ3) is 7.40. The molecule has 30 heavy (non-hydrogen) atoms. The lowest BCUT2D eigenvalue weighted by Gasteiger charge is -2.30. The van der Waals surface area contributed by atoms with Gasteiger partial charge in [0.2, 0.25) is 0 Å². The van der Waals surface area contributed by atoms with Crippen LogP contribution < -0.4 is 10.2 Å². The molecule has 6 heteroatoms. The topological polar surface area (TPSA) is 68.4 Å². The Morgan fingerprint density at radius 3 is 2.53 bits per heavy atom. The highest BCUT2D eigenvalue weighted by molar-refractivity contribution is 7.16. The van der Waals surface area contributed by atoms with Crippen molar-refractivity contribution in [3.05, 3.63) is 27.4 Å². The average Bonchev–Trinajstić information content (AvgIpc) is 3.14. The van der Waals surface area contributed by atoms with Crippen molar-refractivity contribution in [3.63, 3.8) is 0 Å². The number of likely N-dealkylation sites (tertiary alicyclic amines) is 1. The summed E-state index contributed by atoms with van der Waals surface area (Å²) in [6.07, 6.45) is 13.0. The molecule has 0 spiro atoms. The smallest absolute Gasteiger partial charge is 0.305 e. The van der Waals surface area contributed by atoms with E-state index < -0.39 is 0 Å². The minimum atomic E-state index is -0.109. The molecule has 168 valence electrons. The second-order valence-corrected chi connectivity index (χ2v) is 9.94. The van der Waals surface area contributed by atoms with Gasteiger partial charge in [0.05, 0.1) is 4.70 Å². The molecule has 0 atom stereocenters. The number of phenolic OH excluding ortho intramolecular Hbond substituents is 1. The lowest BCUT2D eigenvalue weighted by atomic mass is 9.99. The molecule has 2 aromatic rings. The van der Waals surface area contributed by atoms with Crippen LogP contribution in [-0.4, -0.2) is 47.7 Å². The molecule has 3 N–H and O–H groups in total. The molecule has 5 nitrogen and oxygen atoms in total. The normalized spacial score (nSPS) is 15.9. The van der Waals surface area contributed by atoms with Crippen molar-refractivity contribution >= 4 is 21.6 Å². The van der Waals surface area contributed by atoms with Crippen LogP contribution in [0.5, 0.6) is 5.75 Å². The standard InChI is InChI=1S/C24H39N3O2S/c1-19-12-17-27(18-13-19)16-8-6-4-2-3-5-7-14-25-15-11-20-9-10-21(28)22-23(20)30-24(29)26-22/h9-10,19,25,28H,2-8,11-18H2,1H3,(H,26,29). The number of piperidine rings is 1. The summed E-state index contributed by atoms with van der Waals surface area (Å²) in [6, 6.07) is 3.60. The van der Waals surface area contributed by atoms with Crippen LogP contribution in [0.25, 0.3) is 10.2 Å². The molecule has 0 amide bonds. The van der Waals surface area contributed by atoms with Crippen molar-refractivity contribution in [1.82, 2.24) is 15.2 Å². The summed E-state index contributed by atoms with van der Waals surface area (Å²) in [5.74, 6) is 1.09. The van der Waals surface area contributed by atoms with E-state index in [2.05, 4.69) is 22.1 Å². The number of nitrogens with zero attached hydrogens (tertiary/aromatic N) is 1. The van der Waals surface area contributed by atoms with Crippen LogP contribution in [0, 0.1) is 5.92 Å². The number of phenols is 1. The van der Waals surface area contributed by atoms with Crippen LogP contribution in [0.3, 0.4) is 0 Å². The second-order valence-electron chi connectivity index (χ2n) is 8.96. The number of aromatic hydroxyl groups is 1. The average molecular weight is 434 g/mol. The molecule has 0 bridgehead atoms. The van der Waals surface area contributed by atoms with Crippen LogP contribution in [-0.2, 0) is 6.42 Å². The van der Waals surface area contributed by atoms with Gasteiger partial charge in [0.15, 0.2) is 0 Å². The molecule has 0 unspecified atom stereocenters. The number of fused-ring (bicyclic) bond motifs is 1. The van der Waals surface area contributed by atoms with E-state index >= 15 is 0 Å². The van der Waals surface area contributed by atoms with Gasteiger partial charge >= 0.3 is 4.87 Å². The maximum absolute atomic E-state index is 11.6. The summed E-state index contributed by atoms with van der Waals surface area (Å²) in [4.78, 5) is 16.8. The largest absolute Gasteiger partial charge is 0.506 e. The van der Waals surface area contributed by atoms with E-state index in [0.29, 0.717) is 5.52 Å². The van der Waals surface area contributed by atoms with Crippen LogP contribution in [0.15, 0.2) is 16.9 Å². The maximum atomic E-state index is 11.6. The maximum Gasteiger partial charge on any atom is 0.305 e. The van der Waals surface area contributed by atoms with E-state index in [-0.39, 0.29) is 10.6 Å². The number of H-pyrrole nitrogens is 1. The highest BCUT2D eigenvalue weighted by Crippen LogP contribution is 2.27. The van der Waals surface area contributed by atoms with E-state index in [1.165, 1.54) is 88.8 Å². The number of aromatic amines is 1. The fourth-order valence-corrected chi connectivity index (χ4v) is 5.27. The van der Waals surface area contributed by atoms with Crippen molar-refractivity contribution in [3.8, 4) is 5.75 Å². The van der Waals surface area contributed by atoms with Gasteiger partial charge in [-0.25, -0.2) is 0 Å². The number of thiazole rings is 1. The Bertz CT molecular complexity index is 808. The van der Waals surface area contributed by atoms with Crippen molar-refractivity contribution < 1.29 is 5.11 Å². The van der Waals surface area contributed by atoms with Gasteiger partial charge in [-0.15, -0.1) is 0 Å². The van der Waals surface area contributed by atoms with Gasteiger partial charge in [-0.2, -0.15) is 0 Å². The summed E-state index contributed by atoms with van der Waals surface area (Å²) in [7, 11) is 0. The molecule has 1 saturated heterocycles. The Kier molecular flexibility index (Phi) is 9.69. The Hall–Kier alpha value is -1.37. The molecule has 1 aromatic heterocycles. The van der Waals surface area contributed by atoms with Gasteiger partial charge in [-0.3, -0.25) is 4.79 Å². The fraction of sp³-hybridized carbons (Fsp3) is 0.708. The molecular weight excluding hydrogens is 394 g/mol. The molecule has 1 aliphatic heterocycles.